The summed E-state index contributed by atoms with van der Waals surface area (Å²) < 4.78 is 0. The summed E-state index contributed by atoms with van der Waals surface area (Å²) in [5.41, 5.74) is 1.68. The van der Waals surface area contributed by atoms with E-state index in [1.807, 2.05) is 36.4 Å². The molecule has 0 saturated carbocycles. The second kappa shape index (κ2) is 7.01. The third-order valence-corrected chi connectivity index (χ3v) is 2.86. The monoisotopic (exact) mass is 278 g/mol. The number of aromatic carboxylic acids is 1. The van der Waals surface area contributed by atoms with Gasteiger partial charge in [-0.15, -0.1) is 0 Å². The molecule has 3 nitrogen and oxygen atoms in total. The molecule has 0 unspecified atom stereocenters. The zero-order valence-electron chi connectivity index (χ0n) is 11.3. The first kappa shape index (κ1) is 14.5. The van der Waals surface area contributed by atoms with Gasteiger partial charge in [-0.1, -0.05) is 60.7 Å². The quantitative estimate of drug-likeness (QED) is 0.513. The van der Waals surface area contributed by atoms with Crippen LogP contribution in [0, 0.1) is 0 Å². The van der Waals surface area contributed by atoms with Gasteiger partial charge in [-0.25, -0.2) is 4.79 Å². The number of ketones is 1. The molecule has 1 N–H and O–H groups in total. The minimum Gasteiger partial charge on any atom is -0.478 e. The zero-order valence-corrected chi connectivity index (χ0v) is 11.3. The van der Waals surface area contributed by atoms with Gasteiger partial charge in [-0.05, 0) is 23.8 Å². The number of hydrogen-bond donors (Lipinski definition) is 1. The van der Waals surface area contributed by atoms with Crippen molar-refractivity contribution in [3.8, 4) is 0 Å². The van der Waals surface area contributed by atoms with Gasteiger partial charge in [0.25, 0.3) is 0 Å². The summed E-state index contributed by atoms with van der Waals surface area (Å²) in [4.78, 5) is 22.6. The lowest BCUT2D eigenvalue weighted by Crippen LogP contribution is -1.98. The first-order valence-corrected chi connectivity index (χ1v) is 6.44. The van der Waals surface area contributed by atoms with Gasteiger partial charge >= 0.3 is 5.97 Å². The smallest absolute Gasteiger partial charge is 0.335 e. The number of benzene rings is 2. The van der Waals surface area contributed by atoms with E-state index < -0.39 is 5.97 Å². The number of rotatable bonds is 5. The number of allylic oxidation sites excluding steroid dienone is 3. The first-order chi connectivity index (χ1) is 10.2. The molecular formula is C18H14O3. The maximum atomic E-state index is 11.9. The SMILES string of the molecule is O=C(O)c1ccc(C(=O)C=CC=Cc2ccccc2)cc1. The molecule has 3 heteroatoms. The van der Waals surface area contributed by atoms with Crippen molar-refractivity contribution in [2.45, 2.75) is 0 Å². The van der Waals surface area contributed by atoms with Crippen LogP contribution in [0.3, 0.4) is 0 Å². The molecule has 0 fully saturated rings. The Morgan fingerprint density at radius 1 is 0.810 bits per heavy atom. The van der Waals surface area contributed by atoms with Crippen LogP contribution >= 0.6 is 0 Å². The lowest BCUT2D eigenvalue weighted by molar-refractivity contribution is 0.0696. The molecule has 2 aromatic carbocycles. The van der Waals surface area contributed by atoms with Crippen molar-refractivity contribution in [1.29, 1.82) is 0 Å². The van der Waals surface area contributed by atoms with Crippen LogP contribution in [0.4, 0.5) is 0 Å². The van der Waals surface area contributed by atoms with Crippen LogP contribution in [0.25, 0.3) is 6.08 Å². The van der Waals surface area contributed by atoms with Crippen molar-refractivity contribution in [3.05, 3.63) is 89.5 Å². The topological polar surface area (TPSA) is 54.4 Å². The van der Waals surface area contributed by atoms with E-state index in [1.54, 1.807) is 12.2 Å². The van der Waals surface area contributed by atoms with Crippen LogP contribution in [-0.2, 0) is 0 Å². The van der Waals surface area contributed by atoms with Gasteiger partial charge in [0.1, 0.15) is 0 Å². The van der Waals surface area contributed by atoms with Crippen LogP contribution in [-0.4, -0.2) is 16.9 Å². The Hall–Kier alpha value is -2.94. The van der Waals surface area contributed by atoms with Crippen molar-refractivity contribution >= 4 is 17.8 Å². The summed E-state index contributed by atoms with van der Waals surface area (Å²) in [6.07, 6.45) is 6.81. The maximum absolute atomic E-state index is 11.9. The summed E-state index contributed by atoms with van der Waals surface area (Å²) in [5.74, 6) is -1.17. The Kier molecular flexibility index (Phi) is 4.83. The van der Waals surface area contributed by atoms with Gasteiger partial charge in [0.05, 0.1) is 5.56 Å². The molecule has 0 radical (unpaired) electrons. The number of carbonyl (C=O) groups is 2. The molecule has 0 saturated heterocycles. The molecule has 0 bridgehead atoms. The summed E-state index contributed by atoms with van der Waals surface area (Å²) in [5, 5.41) is 8.79. The van der Waals surface area contributed by atoms with Crippen molar-refractivity contribution in [1.82, 2.24) is 0 Å². The maximum Gasteiger partial charge on any atom is 0.335 e. The molecule has 2 rings (SSSR count). The third-order valence-electron chi connectivity index (χ3n) is 2.86. The van der Waals surface area contributed by atoms with E-state index in [0.717, 1.165) is 5.56 Å². The second-order valence-corrected chi connectivity index (χ2v) is 4.38. The minimum atomic E-state index is -1.00. The number of hydrogen-bond acceptors (Lipinski definition) is 2. The fraction of sp³-hybridized carbons (Fsp3) is 0. The van der Waals surface area contributed by atoms with Gasteiger partial charge < -0.3 is 5.11 Å². The number of carboxylic acids is 1. The lowest BCUT2D eigenvalue weighted by Gasteiger charge is -1.97. The molecule has 2 aromatic rings. The highest BCUT2D eigenvalue weighted by Gasteiger charge is 2.04. The Morgan fingerprint density at radius 3 is 2.05 bits per heavy atom. The molecule has 0 aliphatic carbocycles. The Morgan fingerprint density at radius 2 is 1.43 bits per heavy atom. The lowest BCUT2D eigenvalue weighted by atomic mass is 10.1. The predicted molar refractivity (Wildman–Crippen MR) is 82.3 cm³/mol. The summed E-state index contributed by atoms with van der Waals surface area (Å²) in [6, 6.07) is 15.6. The first-order valence-electron chi connectivity index (χ1n) is 6.44. The molecule has 104 valence electrons. The average molecular weight is 278 g/mol. The molecule has 0 amide bonds. The summed E-state index contributed by atoms with van der Waals surface area (Å²) in [6.45, 7) is 0. The fourth-order valence-corrected chi connectivity index (χ4v) is 1.75. The van der Waals surface area contributed by atoms with Gasteiger partial charge in [-0.2, -0.15) is 0 Å². The molecule has 0 aliphatic heterocycles. The highest BCUT2D eigenvalue weighted by molar-refractivity contribution is 6.05. The fourth-order valence-electron chi connectivity index (χ4n) is 1.75. The van der Waals surface area contributed by atoms with Crippen molar-refractivity contribution in [3.63, 3.8) is 0 Å². The van der Waals surface area contributed by atoms with Crippen molar-refractivity contribution in [2.24, 2.45) is 0 Å². The molecule has 0 aliphatic rings. The van der Waals surface area contributed by atoms with Crippen molar-refractivity contribution < 1.29 is 14.7 Å². The molecule has 0 aromatic heterocycles. The normalized spacial score (nSPS) is 11.0. The standard InChI is InChI=1S/C18H14O3/c19-17(15-10-12-16(13-11-15)18(20)21)9-5-4-8-14-6-2-1-3-7-14/h1-13H,(H,20,21). The average Bonchev–Trinajstić information content (AvgIpc) is 2.52. The Balaban J connectivity index is 1.99. The van der Waals surface area contributed by atoms with E-state index in [9.17, 15) is 9.59 Å². The van der Waals surface area contributed by atoms with Crippen LogP contribution in [0.5, 0.6) is 0 Å². The Labute approximate surface area is 122 Å². The summed E-state index contributed by atoms with van der Waals surface area (Å²) >= 11 is 0. The third kappa shape index (κ3) is 4.28. The van der Waals surface area contributed by atoms with Crippen molar-refractivity contribution in [2.75, 3.05) is 0 Å². The van der Waals surface area contributed by atoms with Gasteiger partial charge in [0.15, 0.2) is 5.78 Å². The summed E-state index contributed by atoms with van der Waals surface area (Å²) in [7, 11) is 0. The van der Waals surface area contributed by atoms with Gasteiger partial charge in [-0.3, -0.25) is 4.79 Å². The molecular weight excluding hydrogens is 264 g/mol. The minimum absolute atomic E-state index is 0.162. The highest BCUT2D eigenvalue weighted by atomic mass is 16.4. The van der Waals surface area contributed by atoms with E-state index in [4.69, 9.17) is 5.11 Å². The van der Waals surface area contributed by atoms with E-state index in [1.165, 1.54) is 30.3 Å². The largest absolute Gasteiger partial charge is 0.478 e. The van der Waals surface area contributed by atoms with E-state index in [-0.39, 0.29) is 11.3 Å². The van der Waals surface area contributed by atoms with E-state index in [0.29, 0.717) is 5.56 Å². The van der Waals surface area contributed by atoms with Gasteiger partial charge in [0, 0.05) is 5.56 Å². The predicted octanol–water partition coefficient (Wildman–Crippen LogP) is 3.84. The van der Waals surface area contributed by atoms with Gasteiger partial charge in [0.2, 0.25) is 0 Å². The van der Waals surface area contributed by atoms with Crippen LogP contribution in [0.15, 0.2) is 72.8 Å². The molecule has 21 heavy (non-hydrogen) atoms. The number of carbonyl (C=O) groups excluding carboxylic acids is 1. The van der Waals surface area contributed by atoms with Crippen LogP contribution in [0.2, 0.25) is 0 Å². The number of carboxylic acid groups (broad SMARTS) is 1. The van der Waals surface area contributed by atoms with Crippen LogP contribution in [0.1, 0.15) is 26.3 Å². The molecule has 0 heterocycles. The highest BCUT2D eigenvalue weighted by Crippen LogP contribution is 2.06. The Bertz CT molecular complexity index is 680. The molecule has 0 atom stereocenters. The van der Waals surface area contributed by atoms with E-state index in [2.05, 4.69) is 0 Å². The molecule has 0 spiro atoms. The van der Waals surface area contributed by atoms with E-state index >= 15 is 0 Å². The second-order valence-electron chi connectivity index (χ2n) is 4.38. The zero-order chi connectivity index (χ0) is 15.1. The van der Waals surface area contributed by atoms with Crippen LogP contribution < -0.4 is 0 Å².